The van der Waals surface area contributed by atoms with Crippen molar-refractivity contribution >= 4 is 28.6 Å². The maximum Gasteiger partial charge on any atom is 0.352 e. The number of ether oxygens (including phenoxy) is 1. The first-order valence-corrected chi connectivity index (χ1v) is 16.7. The van der Waals surface area contributed by atoms with Gasteiger partial charge in [-0.05, 0) is 80.4 Å². The van der Waals surface area contributed by atoms with Crippen molar-refractivity contribution < 1.29 is 33.5 Å². The third kappa shape index (κ3) is 4.28. The lowest BCUT2D eigenvalue weighted by Gasteiger charge is -2.53. The van der Waals surface area contributed by atoms with Gasteiger partial charge in [0, 0.05) is 29.0 Å². The number of aliphatic carboxylic acids is 1. The zero-order valence-electron chi connectivity index (χ0n) is 25.0. The van der Waals surface area contributed by atoms with Crippen LogP contribution in [0.3, 0.4) is 0 Å². The Kier molecular flexibility index (Phi) is 6.82. The van der Waals surface area contributed by atoms with Gasteiger partial charge in [-0.15, -0.1) is 0 Å². The second kappa shape index (κ2) is 10.3. The standard InChI is InChI=1S/C34H38N2O7S/c1-18-22(29(32(40)41)36-28(18)26(19(2)37)31(36)39)17-43-23-7-4-8-24-27(23)21-6-3-5-20(30(21)44(24)42)15-33-9-12-34(13-10-33,14-11-33)16-25(35)38/h3-8,18-19,26,28,37H,9-17H2,1-2H3,(H2,35,38)(H,40,41)/t18-,19?,26?,28?,33?,34?,44?/m0/s1. The molecule has 4 N–H and O–H groups in total. The van der Waals surface area contributed by atoms with Crippen LogP contribution in [0.5, 0.6) is 5.75 Å². The van der Waals surface area contributed by atoms with Crippen LogP contribution in [0.25, 0.3) is 11.1 Å². The van der Waals surface area contributed by atoms with Crippen molar-refractivity contribution in [1.82, 2.24) is 4.90 Å². The molecular weight excluding hydrogens is 580 g/mol. The van der Waals surface area contributed by atoms with E-state index in [1.54, 1.807) is 6.92 Å². The lowest BCUT2D eigenvalue weighted by molar-refractivity contribution is -0.163. The number of carbonyl (C=O) groups is 3. The summed E-state index contributed by atoms with van der Waals surface area (Å²) >= 11 is 0. The molecule has 9 nitrogen and oxygen atoms in total. The number of carboxylic acids is 1. The highest BCUT2D eigenvalue weighted by molar-refractivity contribution is 7.85. The quantitative estimate of drug-likeness (QED) is 0.305. The fourth-order valence-electron chi connectivity index (χ4n) is 8.94. The van der Waals surface area contributed by atoms with Gasteiger partial charge in [-0.1, -0.05) is 31.2 Å². The number of nitrogens with zero attached hydrogens (tertiary/aromatic N) is 1. The second-order valence-corrected chi connectivity index (χ2v) is 15.1. The largest absolute Gasteiger partial charge is 0.488 e. The minimum Gasteiger partial charge on any atom is -0.488 e. The van der Waals surface area contributed by atoms with Crippen molar-refractivity contribution in [1.29, 1.82) is 0 Å². The molecule has 44 heavy (non-hydrogen) atoms. The van der Waals surface area contributed by atoms with Crippen LogP contribution in [0.2, 0.25) is 0 Å². The summed E-state index contributed by atoms with van der Waals surface area (Å²) in [6, 6.07) is 11.1. The summed E-state index contributed by atoms with van der Waals surface area (Å²) in [5.74, 6) is -2.20. The zero-order chi connectivity index (χ0) is 31.1. The van der Waals surface area contributed by atoms with E-state index in [1.165, 1.54) is 4.90 Å². The topological polar surface area (TPSA) is 147 Å². The highest BCUT2D eigenvalue weighted by atomic mass is 32.2. The smallest absolute Gasteiger partial charge is 0.352 e. The SMILES string of the molecule is CC(O)C1C(=O)N2C(C(=O)O)=C(COc3cccc4c3-c3cccc(CC56CCC(CC(N)=O)(CC5)CC6)c3S4=O)[C@H](C)C12. The molecule has 3 aliphatic heterocycles. The van der Waals surface area contributed by atoms with Gasteiger partial charge in [-0.2, -0.15) is 0 Å². The number of fused-ring (bicyclic) bond motifs is 7. The molecule has 2 bridgehead atoms. The molecule has 232 valence electrons. The predicted molar refractivity (Wildman–Crippen MR) is 162 cm³/mol. The summed E-state index contributed by atoms with van der Waals surface area (Å²) in [5.41, 5.74) is 8.90. The van der Waals surface area contributed by atoms with E-state index in [2.05, 4.69) is 6.07 Å². The van der Waals surface area contributed by atoms with Crippen LogP contribution >= 0.6 is 0 Å². The molecule has 8 rings (SSSR count). The highest BCUT2D eigenvalue weighted by Crippen LogP contribution is 2.60. The summed E-state index contributed by atoms with van der Waals surface area (Å²) in [5, 5.41) is 20.2. The van der Waals surface area contributed by atoms with Gasteiger partial charge in [0.15, 0.2) is 0 Å². The maximum atomic E-state index is 14.0. The molecular formula is C34H38N2O7S. The lowest BCUT2D eigenvalue weighted by Crippen LogP contribution is -2.63. The van der Waals surface area contributed by atoms with Gasteiger partial charge >= 0.3 is 5.97 Å². The summed E-state index contributed by atoms with van der Waals surface area (Å²) in [4.78, 5) is 39.5. The van der Waals surface area contributed by atoms with Crippen LogP contribution in [-0.4, -0.2) is 55.9 Å². The minimum absolute atomic E-state index is 0.0378. The van der Waals surface area contributed by atoms with Gasteiger partial charge in [0.05, 0.1) is 38.7 Å². The Morgan fingerprint density at radius 1 is 1.09 bits per heavy atom. The van der Waals surface area contributed by atoms with E-state index in [0.717, 1.165) is 66.5 Å². The van der Waals surface area contributed by atoms with Gasteiger partial charge in [-0.25, -0.2) is 9.00 Å². The Bertz CT molecular complexity index is 1640. The van der Waals surface area contributed by atoms with Gasteiger partial charge < -0.3 is 25.6 Å². The normalized spacial score (nSPS) is 32.2. The predicted octanol–water partition coefficient (Wildman–Crippen LogP) is 4.17. The summed E-state index contributed by atoms with van der Waals surface area (Å²) in [6.45, 7) is 3.39. The van der Waals surface area contributed by atoms with E-state index in [4.69, 9.17) is 10.5 Å². The average molecular weight is 619 g/mol. The number of amides is 2. The fraction of sp³-hybridized carbons (Fsp3) is 0.500. The van der Waals surface area contributed by atoms with Crippen LogP contribution in [0, 0.1) is 22.7 Å². The van der Waals surface area contributed by atoms with Crippen LogP contribution in [0.4, 0.5) is 0 Å². The molecule has 0 radical (unpaired) electrons. The van der Waals surface area contributed by atoms with Crippen molar-refractivity contribution in [2.45, 2.75) is 87.2 Å². The highest BCUT2D eigenvalue weighted by Gasteiger charge is 2.60. The number of aliphatic hydroxyl groups is 1. The molecule has 1 saturated heterocycles. The molecule has 2 aromatic rings. The number of primary amides is 1. The average Bonchev–Trinajstić information content (AvgIpc) is 3.41. The number of carbonyl (C=O) groups excluding carboxylic acids is 2. The number of aliphatic hydroxyl groups excluding tert-OH is 1. The van der Waals surface area contributed by atoms with Crippen molar-refractivity contribution in [2.75, 3.05) is 6.61 Å². The number of nitrogens with two attached hydrogens (primary N) is 1. The molecule has 0 spiro atoms. The first-order chi connectivity index (χ1) is 21.0. The molecule has 6 aliphatic rings. The van der Waals surface area contributed by atoms with Crippen molar-refractivity contribution in [3.63, 3.8) is 0 Å². The monoisotopic (exact) mass is 618 g/mol. The fourth-order valence-corrected chi connectivity index (χ4v) is 10.5. The molecule has 4 unspecified atom stereocenters. The Labute approximate surface area is 258 Å². The Hall–Kier alpha value is -3.50. The zero-order valence-corrected chi connectivity index (χ0v) is 25.8. The molecule has 2 amide bonds. The molecule has 5 atom stereocenters. The van der Waals surface area contributed by atoms with E-state index < -0.39 is 34.8 Å². The first kappa shape index (κ1) is 29.2. The van der Waals surface area contributed by atoms with Gasteiger partial charge in [0.2, 0.25) is 11.8 Å². The van der Waals surface area contributed by atoms with Crippen LogP contribution in [-0.2, 0) is 31.6 Å². The Balaban J connectivity index is 1.16. The van der Waals surface area contributed by atoms with Gasteiger partial charge in [0.25, 0.3) is 0 Å². The number of carboxylic acid groups (broad SMARTS) is 1. The van der Waals surface area contributed by atoms with Crippen molar-refractivity contribution in [2.24, 2.45) is 28.4 Å². The van der Waals surface area contributed by atoms with E-state index in [0.29, 0.717) is 22.6 Å². The molecule has 2 aromatic carbocycles. The summed E-state index contributed by atoms with van der Waals surface area (Å²) in [6.07, 6.45) is 6.53. The van der Waals surface area contributed by atoms with Gasteiger partial charge in [0.1, 0.15) is 18.1 Å². The number of hydrogen-bond acceptors (Lipinski definition) is 6. The first-order valence-electron chi connectivity index (χ1n) is 15.5. The molecule has 3 saturated carbocycles. The Morgan fingerprint density at radius 3 is 2.39 bits per heavy atom. The molecule has 3 heterocycles. The van der Waals surface area contributed by atoms with E-state index in [-0.39, 0.29) is 40.9 Å². The summed E-state index contributed by atoms with van der Waals surface area (Å²) in [7, 11) is -1.39. The van der Waals surface area contributed by atoms with Gasteiger partial charge in [-0.3, -0.25) is 9.59 Å². The number of benzene rings is 2. The van der Waals surface area contributed by atoms with Crippen LogP contribution in [0.15, 0.2) is 57.5 Å². The minimum atomic E-state index is -1.39. The molecule has 4 fully saturated rings. The molecule has 3 aliphatic carbocycles. The third-order valence-corrected chi connectivity index (χ3v) is 12.9. The maximum absolute atomic E-state index is 14.0. The lowest BCUT2D eigenvalue weighted by atomic mass is 9.51. The third-order valence-electron chi connectivity index (χ3n) is 11.3. The van der Waals surface area contributed by atoms with Crippen LogP contribution in [0.1, 0.15) is 64.4 Å². The second-order valence-electron chi connectivity index (χ2n) is 13.7. The van der Waals surface area contributed by atoms with E-state index in [9.17, 15) is 28.8 Å². The summed E-state index contributed by atoms with van der Waals surface area (Å²) < 4.78 is 20.3. The van der Waals surface area contributed by atoms with E-state index >= 15 is 0 Å². The number of rotatable bonds is 9. The Morgan fingerprint density at radius 2 is 1.75 bits per heavy atom. The van der Waals surface area contributed by atoms with Crippen LogP contribution < -0.4 is 10.5 Å². The number of hydrogen-bond donors (Lipinski definition) is 3. The van der Waals surface area contributed by atoms with Crippen molar-refractivity contribution in [3.8, 4) is 16.9 Å². The van der Waals surface area contributed by atoms with E-state index in [1.807, 2.05) is 37.3 Å². The molecule has 10 heteroatoms. The number of β-lactam (4-membered cyclic amide) rings is 1. The van der Waals surface area contributed by atoms with Crippen molar-refractivity contribution in [3.05, 3.63) is 53.2 Å². The molecule has 0 aromatic heterocycles.